The molecule has 1 fully saturated rings. The zero-order valence-corrected chi connectivity index (χ0v) is 12.0. The van der Waals surface area contributed by atoms with Gasteiger partial charge in [0.05, 0.1) is 7.11 Å². The summed E-state index contributed by atoms with van der Waals surface area (Å²) in [5.74, 6) is 0.950. The van der Waals surface area contributed by atoms with Crippen molar-refractivity contribution < 1.29 is 4.74 Å². The lowest BCUT2D eigenvalue weighted by molar-refractivity contribution is 0.275. The number of nitrogens with zero attached hydrogens (tertiary/aromatic N) is 1. The molecule has 3 nitrogen and oxygen atoms in total. The van der Waals surface area contributed by atoms with Crippen molar-refractivity contribution in [1.82, 2.24) is 4.90 Å². The molecule has 0 saturated carbocycles. The van der Waals surface area contributed by atoms with Gasteiger partial charge in [0.15, 0.2) is 0 Å². The van der Waals surface area contributed by atoms with E-state index in [9.17, 15) is 0 Å². The van der Waals surface area contributed by atoms with Gasteiger partial charge in [-0.05, 0) is 62.2 Å². The summed E-state index contributed by atoms with van der Waals surface area (Å²) in [4.78, 5) is 2.57. The number of hydrogen-bond acceptors (Lipinski definition) is 3. The van der Waals surface area contributed by atoms with Gasteiger partial charge in [-0.15, -0.1) is 0 Å². The highest BCUT2D eigenvalue weighted by Crippen LogP contribution is 2.21. The SMILES string of the molecule is COc1ccc(CCN)c(CN2CCCCCC2)c1. The Labute approximate surface area is 116 Å². The number of rotatable bonds is 5. The van der Waals surface area contributed by atoms with Crippen molar-refractivity contribution in [2.24, 2.45) is 5.73 Å². The molecule has 1 aromatic carbocycles. The minimum Gasteiger partial charge on any atom is -0.497 e. The first-order valence-corrected chi connectivity index (χ1v) is 7.41. The van der Waals surface area contributed by atoms with Gasteiger partial charge in [0.25, 0.3) is 0 Å². The summed E-state index contributed by atoms with van der Waals surface area (Å²) < 4.78 is 5.35. The van der Waals surface area contributed by atoms with Crippen LogP contribution in [-0.4, -0.2) is 31.6 Å². The molecule has 0 amide bonds. The molecule has 0 spiro atoms. The minimum absolute atomic E-state index is 0.708. The summed E-state index contributed by atoms with van der Waals surface area (Å²) in [7, 11) is 1.73. The monoisotopic (exact) mass is 262 g/mol. The molecule has 106 valence electrons. The standard InChI is InChI=1S/C16H26N2O/c1-19-16-7-6-14(8-9-17)15(12-16)13-18-10-4-2-3-5-11-18/h6-7,12H,2-5,8-11,13,17H2,1H3. The van der Waals surface area contributed by atoms with E-state index in [-0.39, 0.29) is 0 Å². The first-order valence-electron chi connectivity index (χ1n) is 7.41. The lowest BCUT2D eigenvalue weighted by Crippen LogP contribution is -2.24. The first-order chi connectivity index (χ1) is 9.33. The molecule has 1 aromatic rings. The van der Waals surface area contributed by atoms with Crippen molar-refractivity contribution in [3.05, 3.63) is 29.3 Å². The van der Waals surface area contributed by atoms with Gasteiger partial charge in [-0.25, -0.2) is 0 Å². The van der Waals surface area contributed by atoms with Crippen LogP contribution in [0.15, 0.2) is 18.2 Å². The van der Waals surface area contributed by atoms with Gasteiger partial charge in [-0.3, -0.25) is 4.90 Å². The third kappa shape index (κ3) is 4.22. The summed E-state index contributed by atoms with van der Waals surface area (Å²) in [5, 5.41) is 0. The molecule has 0 bridgehead atoms. The molecule has 0 aromatic heterocycles. The van der Waals surface area contributed by atoms with Crippen molar-refractivity contribution in [3.63, 3.8) is 0 Å². The van der Waals surface area contributed by atoms with Crippen molar-refractivity contribution in [1.29, 1.82) is 0 Å². The smallest absolute Gasteiger partial charge is 0.119 e. The van der Waals surface area contributed by atoms with E-state index in [0.29, 0.717) is 6.54 Å². The second-order valence-corrected chi connectivity index (χ2v) is 5.36. The summed E-state index contributed by atoms with van der Waals surface area (Å²) in [6, 6.07) is 6.38. The maximum Gasteiger partial charge on any atom is 0.119 e. The van der Waals surface area contributed by atoms with Crippen LogP contribution in [0.4, 0.5) is 0 Å². The average Bonchev–Trinajstić information content (AvgIpc) is 2.69. The van der Waals surface area contributed by atoms with Crippen LogP contribution in [0, 0.1) is 0 Å². The number of ether oxygens (including phenoxy) is 1. The average molecular weight is 262 g/mol. The van der Waals surface area contributed by atoms with Crippen molar-refractivity contribution in [2.45, 2.75) is 38.6 Å². The van der Waals surface area contributed by atoms with Gasteiger partial charge in [0.2, 0.25) is 0 Å². The molecule has 0 atom stereocenters. The van der Waals surface area contributed by atoms with Gasteiger partial charge < -0.3 is 10.5 Å². The van der Waals surface area contributed by atoms with Crippen LogP contribution in [0.5, 0.6) is 5.75 Å². The molecule has 1 aliphatic heterocycles. The number of hydrogen-bond donors (Lipinski definition) is 1. The Morgan fingerprint density at radius 3 is 2.47 bits per heavy atom. The highest BCUT2D eigenvalue weighted by atomic mass is 16.5. The first kappa shape index (κ1) is 14.4. The van der Waals surface area contributed by atoms with Crippen LogP contribution in [-0.2, 0) is 13.0 Å². The normalized spacial score (nSPS) is 17.2. The Balaban J connectivity index is 2.10. The predicted octanol–water partition coefficient (Wildman–Crippen LogP) is 2.57. The minimum atomic E-state index is 0.708. The maximum absolute atomic E-state index is 5.71. The zero-order chi connectivity index (χ0) is 13.5. The molecule has 2 N–H and O–H groups in total. The van der Waals surface area contributed by atoms with Gasteiger partial charge >= 0.3 is 0 Å². The van der Waals surface area contributed by atoms with Crippen LogP contribution in [0.3, 0.4) is 0 Å². The Kier molecular flexibility index (Phi) is 5.67. The van der Waals surface area contributed by atoms with E-state index in [1.165, 1.54) is 49.9 Å². The van der Waals surface area contributed by atoms with Crippen molar-refractivity contribution in [2.75, 3.05) is 26.7 Å². The Morgan fingerprint density at radius 2 is 1.84 bits per heavy atom. The van der Waals surface area contributed by atoms with E-state index in [2.05, 4.69) is 17.0 Å². The third-order valence-corrected chi connectivity index (χ3v) is 3.92. The fourth-order valence-electron chi connectivity index (χ4n) is 2.81. The van der Waals surface area contributed by atoms with Crippen LogP contribution in [0.25, 0.3) is 0 Å². The summed E-state index contributed by atoms with van der Waals surface area (Å²) in [6.07, 6.45) is 6.37. The highest BCUT2D eigenvalue weighted by molar-refractivity contribution is 5.36. The van der Waals surface area contributed by atoms with Crippen molar-refractivity contribution >= 4 is 0 Å². The molecule has 0 aliphatic carbocycles. The van der Waals surface area contributed by atoms with Crippen LogP contribution in [0.1, 0.15) is 36.8 Å². The summed E-state index contributed by atoms with van der Waals surface area (Å²) in [5.41, 5.74) is 8.46. The largest absolute Gasteiger partial charge is 0.497 e. The fourth-order valence-corrected chi connectivity index (χ4v) is 2.81. The van der Waals surface area contributed by atoms with E-state index < -0.39 is 0 Å². The van der Waals surface area contributed by atoms with E-state index >= 15 is 0 Å². The molecule has 2 rings (SSSR count). The number of likely N-dealkylation sites (tertiary alicyclic amines) is 1. The summed E-state index contributed by atoms with van der Waals surface area (Å²) >= 11 is 0. The van der Waals surface area contributed by atoms with Gasteiger partial charge in [-0.2, -0.15) is 0 Å². The molecule has 0 unspecified atom stereocenters. The Hall–Kier alpha value is -1.06. The Morgan fingerprint density at radius 1 is 1.11 bits per heavy atom. The molecule has 1 aliphatic rings. The molecular weight excluding hydrogens is 236 g/mol. The number of methoxy groups -OCH3 is 1. The highest BCUT2D eigenvalue weighted by Gasteiger charge is 2.12. The molecular formula is C16H26N2O. The van der Waals surface area contributed by atoms with Crippen LogP contribution >= 0.6 is 0 Å². The number of benzene rings is 1. The summed E-state index contributed by atoms with van der Waals surface area (Å²) in [6.45, 7) is 4.18. The predicted molar refractivity (Wildman–Crippen MR) is 79.5 cm³/mol. The third-order valence-electron chi connectivity index (χ3n) is 3.92. The van der Waals surface area contributed by atoms with Crippen LogP contribution in [0.2, 0.25) is 0 Å². The van der Waals surface area contributed by atoms with E-state index in [1.807, 2.05) is 6.07 Å². The van der Waals surface area contributed by atoms with E-state index in [1.54, 1.807) is 7.11 Å². The zero-order valence-electron chi connectivity index (χ0n) is 12.0. The molecule has 3 heteroatoms. The van der Waals surface area contributed by atoms with Gasteiger partial charge in [0.1, 0.15) is 5.75 Å². The quantitative estimate of drug-likeness (QED) is 0.886. The van der Waals surface area contributed by atoms with E-state index in [4.69, 9.17) is 10.5 Å². The van der Waals surface area contributed by atoms with Gasteiger partial charge in [-0.1, -0.05) is 18.9 Å². The Bertz CT molecular complexity index is 384. The molecule has 1 heterocycles. The topological polar surface area (TPSA) is 38.5 Å². The van der Waals surface area contributed by atoms with Crippen molar-refractivity contribution in [3.8, 4) is 5.75 Å². The van der Waals surface area contributed by atoms with E-state index in [0.717, 1.165) is 18.7 Å². The molecule has 19 heavy (non-hydrogen) atoms. The lowest BCUT2D eigenvalue weighted by Gasteiger charge is -2.22. The molecule has 1 saturated heterocycles. The second kappa shape index (κ2) is 7.51. The second-order valence-electron chi connectivity index (χ2n) is 5.36. The lowest BCUT2D eigenvalue weighted by atomic mass is 10.0. The molecule has 0 radical (unpaired) electrons. The maximum atomic E-state index is 5.71. The van der Waals surface area contributed by atoms with Crippen LogP contribution < -0.4 is 10.5 Å². The van der Waals surface area contributed by atoms with Gasteiger partial charge in [0, 0.05) is 6.54 Å². The number of nitrogens with two attached hydrogens (primary N) is 1. The fraction of sp³-hybridized carbons (Fsp3) is 0.625.